The van der Waals surface area contributed by atoms with Crippen molar-refractivity contribution in [3.8, 4) is 16.9 Å². The van der Waals surface area contributed by atoms with Crippen LogP contribution in [0.2, 0.25) is 0 Å². The highest BCUT2D eigenvalue weighted by molar-refractivity contribution is 5.77. The van der Waals surface area contributed by atoms with Crippen LogP contribution in [0.5, 0.6) is 5.75 Å². The number of ether oxygens (including phenoxy) is 1. The van der Waals surface area contributed by atoms with Gasteiger partial charge < -0.3 is 10.5 Å². The number of nitrogen functional groups attached to an aromatic ring is 1. The Kier molecular flexibility index (Phi) is 3.23. The van der Waals surface area contributed by atoms with Gasteiger partial charge in [0.1, 0.15) is 0 Å². The molecule has 4 nitrogen and oxygen atoms in total. The van der Waals surface area contributed by atoms with E-state index in [0.717, 1.165) is 11.3 Å². The Bertz CT molecular complexity index is 563. The SMILES string of the molecule is COc1ccc(-c2c(N)n[nH]c2C(C)C)cc1F. The maximum Gasteiger partial charge on any atom is 0.165 e. The third kappa shape index (κ3) is 2.03. The number of aromatic amines is 1. The summed E-state index contributed by atoms with van der Waals surface area (Å²) in [6, 6.07) is 4.77. The number of benzene rings is 1. The summed E-state index contributed by atoms with van der Waals surface area (Å²) < 4.78 is 18.6. The molecule has 0 amide bonds. The van der Waals surface area contributed by atoms with Gasteiger partial charge in [0.25, 0.3) is 0 Å². The highest BCUT2D eigenvalue weighted by Gasteiger charge is 2.17. The molecule has 96 valence electrons. The van der Waals surface area contributed by atoms with Crippen molar-refractivity contribution in [2.75, 3.05) is 12.8 Å². The number of methoxy groups -OCH3 is 1. The maximum atomic E-state index is 13.7. The Balaban J connectivity index is 2.55. The molecule has 2 aromatic rings. The second-order valence-corrected chi connectivity index (χ2v) is 4.40. The van der Waals surface area contributed by atoms with Crippen molar-refractivity contribution in [1.29, 1.82) is 0 Å². The second-order valence-electron chi connectivity index (χ2n) is 4.40. The van der Waals surface area contributed by atoms with Gasteiger partial charge in [0.15, 0.2) is 17.4 Å². The summed E-state index contributed by atoms with van der Waals surface area (Å²) in [6.07, 6.45) is 0. The van der Waals surface area contributed by atoms with Gasteiger partial charge in [-0.05, 0) is 23.6 Å². The van der Waals surface area contributed by atoms with Crippen molar-refractivity contribution in [3.05, 3.63) is 29.7 Å². The largest absolute Gasteiger partial charge is 0.494 e. The zero-order chi connectivity index (χ0) is 13.3. The van der Waals surface area contributed by atoms with Gasteiger partial charge in [0, 0.05) is 11.3 Å². The van der Waals surface area contributed by atoms with E-state index in [9.17, 15) is 4.39 Å². The van der Waals surface area contributed by atoms with E-state index in [1.807, 2.05) is 13.8 Å². The fourth-order valence-electron chi connectivity index (χ4n) is 1.91. The number of aromatic nitrogens is 2. The molecular formula is C13H16FN3O. The van der Waals surface area contributed by atoms with Gasteiger partial charge >= 0.3 is 0 Å². The van der Waals surface area contributed by atoms with E-state index in [-0.39, 0.29) is 11.7 Å². The first-order valence-electron chi connectivity index (χ1n) is 5.72. The van der Waals surface area contributed by atoms with Crippen LogP contribution in [0.25, 0.3) is 11.1 Å². The number of nitrogens with two attached hydrogens (primary N) is 1. The Morgan fingerprint density at radius 1 is 1.39 bits per heavy atom. The van der Waals surface area contributed by atoms with Crippen LogP contribution in [-0.2, 0) is 0 Å². The zero-order valence-corrected chi connectivity index (χ0v) is 10.6. The van der Waals surface area contributed by atoms with Crippen molar-refractivity contribution in [2.24, 2.45) is 0 Å². The lowest BCUT2D eigenvalue weighted by molar-refractivity contribution is 0.386. The van der Waals surface area contributed by atoms with Crippen LogP contribution in [0.4, 0.5) is 10.2 Å². The molecule has 1 aromatic carbocycles. The summed E-state index contributed by atoms with van der Waals surface area (Å²) in [5.74, 6) is 0.412. The van der Waals surface area contributed by atoms with E-state index < -0.39 is 5.82 Å². The normalized spacial score (nSPS) is 10.9. The van der Waals surface area contributed by atoms with Crippen LogP contribution in [0.15, 0.2) is 18.2 Å². The van der Waals surface area contributed by atoms with Gasteiger partial charge in [-0.25, -0.2) is 4.39 Å². The van der Waals surface area contributed by atoms with E-state index in [4.69, 9.17) is 10.5 Å². The summed E-state index contributed by atoms with van der Waals surface area (Å²) in [5.41, 5.74) is 8.19. The molecule has 0 bridgehead atoms. The van der Waals surface area contributed by atoms with Gasteiger partial charge in [-0.15, -0.1) is 0 Å². The number of anilines is 1. The number of rotatable bonds is 3. The molecule has 0 aliphatic heterocycles. The van der Waals surface area contributed by atoms with E-state index in [0.29, 0.717) is 11.4 Å². The van der Waals surface area contributed by atoms with Gasteiger partial charge in [-0.3, -0.25) is 5.10 Å². The number of nitrogens with one attached hydrogen (secondary N) is 1. The zero-order valence-electron chi connectivity index (χ0n) is 10.6. The molecule has 1 heterocycles. The monoisotopic (exact) mass is 249 g/mol. The Labute approximate surface area is 105 Å². The van der Waals surface area contributed by atoms with Crippen molar-refractivity contribution in [3.63, 3.8) is 0 Å². The van der Waals surface area contributed by atoms with Crippen molar-refractivity contribution in [1.82, 2.24) is 10.2 Å². The van der Waals surface area contributed by atoms with Crippen LogP contribution in [0.1, 0.15) is 25.5 Å². The lowest BCUT2D eigenvalue weighted by Crippen LogP contribution is -1.95. The molecule has 0 radical (unpaired) electrons. The molecule has 0 saturated carbocycles. The number of halogens is 1. The summed E-state index contributed by atoms with van der Waals surface area (Å²) in [7, 11) is 1.43. The average Bonchev–Trinajstić information content (AvgIpc) is 2.71. The molecule has 0 atom stereocenters. The van der Waals surface area contributed by atoms with Crippen LogP contribution >= 0.6 is 0 Å². The second kappa shape index (κ2) is 4.68. The number of hydrogen-bond acceptors (Lipinski definition) is 3. The average molecular weight is 249 g/mol. The minimum atomic E-state index is -0.412. The first-order valence-corrected chi connectivity index (χ1v) is 5.72. The third-order valence-corrected chi connectivity index (χ3v) is 2.84. The van der Waals surface area contributed by atoms with Gasteiger partial charge in [-0.1, -0.05) is 19.9 Å². The number of H-pyrrole nitrogens is 1. The van der Waals surface area contributed by atoms with E-state index >= 15 is 0 Å². The summed E-state index contributed by atoms with van der Waals surface area (Å²) >= 11 is 0. The van der Waals surface area contributed by atoms with Gasteiger partial charge in [0.2, 0.25) is 0 Å². The first-order chi connectivity index (χ1) is 8.54. The third-order valence-electron chi connectivity index (χ3n) is 2.84. The van der Waals surface area contributed by atoms with Gasteiger partial charge in [0.05, 0.1) is 7.11 Å². The van der Waals surface area contributed by atoms with E-state index in [2.05, 4.69) is 10.2 Å². The Morgan fingerprint density at radius 3 is 2.67 bits per heavy atom. The molecule has 0 saturated heterocycles. The molecule has 0 spiro atoms. The topological polar surface area (TPSA) is 63.9 Å². The van der Waals surface area contributed by atoms with Crippen molar-refractivity contribution >= 4 is 5.82 Å². The highest BCUT2D eigenvalue weighted by Crippen LogP contribution is 2.34. The Hall–Kier alpha value is -2.04. The molecule has 0 aliphatic rings. The summed E-state index contributed by atoms with van der Waals surface area (Å²) in [6.45, 7) is 4.05. The molecule has 0 aliphatic carbocycles. The molecule has 2 rings (SSSR count). The highest BCUT2D eigenvalue weighted by atomic mass is 19.1. The predicted octanol–water partition coefficient (Wildman–Crippen LogP) is 2.93. The number of nitrogens with zero attached hydrogens (tertiary/aromatic N) is 1. The van der Waals surface area contributed by atoms with Crippen LogP contribution in [0, 0.1) is 5.82 Å². The Morgan fingerprint density at radius 2 is 2.11 bits per heavy atom. The summed E-state index contributed by atoms with van der Waals surface area (Å²) in [5, 5.41) is 6.88. The van der Waals surface area contributed by atoms with Crippen molar-refractivity contribution in [2.45, 2.75) is 19.8 Å². The fourth-order valence-corrected chi connectivity index (χ4v) is 1.91. The van der Waals surface area contributed by atoms with Gasteiger partial charge in [-0.2, -0.15) is 5.10 Å². The molecule has 18 heavy (non-hydrogen) atoms. The quantitative estimate of drug-likeness (QED) is 0.879. The summed E-state index contributed by atoms with van der Waals surface area (Å²) in [4.78, 5) is 0. The first kappa shape index (κ1) is 12.4. The van der Waals surface area contributed by atoms with Crippen molar-refractivity contribution < 1.29 is 9.13 Å². The van der Waals surface area contributed by atoms with E-state index in [1.165, 1.54) is 13.2 Å². The molecule has 0 unspecified atom stereocenters. The fraction of sp³-hybridized carbons (Fsp3) is 0.308. The van der Waals surface area contributed by atoms with Crippen LogP contribution in [-0.4, -0.2) is 17.3 Å². The smallest absolute Gasteiger partial charge is 0.165 e. The molecule has 1 aromatic heterocycles. The minimum absolute atomic E-state index is 0.215. The lowest BCUT2D eigenvalue weighted by Gasteiger charge is -2.08. The number of hydrogen-bond donors (Lipinski definition) is 2. The maximum absolute atomic E-state index is 13.7. The predicted molar refractivity (Wildman–Crippen MR) is 69.0 cm³/mol. The molecule has 5 heteroatoms. The molecule has 3 N–H and O–H groups in total. The van der Waals surface area contributed by atoms with Crippen LogP contribution in [0.3, 0.4) is 0 Å². The lowest BCUT2D eigenvalue weighted by atomic mass is 9.99. The standard InChI is InChI=1S/C13H16FN3O/c1-7(2)12-11(13(15)17-16-12)8-4-5-10(18-3)9(14)6-8/h4-7H,1-3H3,(H3,15,16,17). The molecular weight excluding hydrogens is 233 g/mol. The van der Waals surface area contributed by atoms with Crippen LogP contribution < -0.4 is 10.5 Å². The van der Waals surface area contributed by atoms with E-state index in [1.54, 1.807) is 12.1 Å². The minimum Gasteiger partial charge on any atom is -0.494 e. The molecule has 0 fully saturated rings.